The van der Waals surface area contributed by atoms with Crippen molar-refractivity contribution >= 4 is 22.6 Å². The van der Waals surface area contributed by atoms with Crippen molar-refractivity contribution in [2.45, 2.75) is 37.4 Å². The maximum absolute atomic E-state index is 11.0. The van der Waals surface area contributed by atoms with Crippen molar-refractivity contribution in [3.63, 3.8) is 0 Å². The lowest BCUT2D eigenvalue weighted by Crippen LogP contribution is -2.46. The zero-order valence-electron chi connectivity index (χ0n) is 11.8. The third-order valence-electron chi connectivity index (χ3n) is 4.78. The Morgan fingerprint density at radius 3 is 2.70 bits per heavy atom. The molecule has 2 heterocycles. The Bertz CT molecular complexity index is 463. The summed E-state index contributed by atoms with van der Waals surface area (Å²) >= 11 is 2.29. The van der Waals surface area contributed by atoms with Gasteiger partial charge in [0.05, 0.1) is 17.8 Å². The Labute approximate surface area is 133 Å². The van der Waals surface area contributed by atoms with Gasteiger partial charge in [0.2, 0.25) is 0 Å². The van der Waals surface area contributed by atoms with Crippen LogP contribution in [0.1, 0.15) is 31.7 Å². The molecule has 0 amide bonds. The maximum atomic E-state index is 11.0. The van der Waals surface area contributed by atoms with E-state index in [1.165, 1.54) is 3.57 Å². The Kier molecular flexibility index (Phi) is 4.10. The van der Waals surface area contributed by atoms with Crippen molar-refractivity contribution in [1.82, 2.24) is 0 Å². The quantitative estimate of drug-likeness (QED) is 0.792. The van der Waals surface area contributed by atoms with E-state index < -0.39 is 5.60 Å². The second-order valence-corrected chi connectivity index (χ2v) is 7.42. The molecule has 110 valence electrons. The van der Waals surface area contributed by atoms with Gasteiger partial charge in [-0.3, -0.25) is 0 Å². The van der Waals surface area contributed by atoms with Crippen molar-refractivity contribution in [1.29, 1.82) is 0 Å². The molecule has 1 N–H and O–H groups in total. The normalized spacial score (nSPS) is 33.2. The Hall–Kier alpha value is -0.170. The number of benzene rings is 1. The highest BCUT2D eigenvalue weighted by Gasteiger charge is 2.46. The predicted molar refractivity (Wildman–Crippen MR) is 85.6 cm³/mol. The van der Waals surface area contributed by atoms with Crippen LogP contribution < -0.4 is 0 Å². The third kappa shape index (κ3) is 2.75. The number of hydrogen-bond donors (Lipinski definition) is 1. The van der Waals surface area contributed by atoms with Crippen molar-refractivity contribution in [3.8, 4) is 0 Å². The van der Waals surface area contributed by atoms with Crippen LogP contribution >= 0.6 is 22.6 Å². The summed E-state index contributed by atoms with van der Waals surface area (Å²) in [7, 11) is 0. The summed E-state index contributed by atoms with van der Waals surface area (Å²) in [4.78, 5) is 0. The van der Waals surface area contributed by atoms with Crippen LogP contribution in [0.2, 0.25) is 0 Å². The van der Waals surface area contributed by atoms with E-state index in [1.54, 1.807) is 0 Å². The van der Waals surface area contributed by atoms with Gasteiger partial charge in [0, 0.05) is 23.2 Å². The van der Waals surface area contributed by atoms with Crippen LogP contribution in [0, 0.1) is 9.49 Å². The minimum Gasteiger partial charge on any atom is -0.385 e. The Balaban J connectivity index is 1.81. The van der Waals surface area contributed by atoms with Gasteiger partial charge in [-0.1, -0.05) is 12.1 Å². The first-order chi connectivity index (χ1) is 9.52. The predicted octanol–water partition coefficient (Wildman–Crippen LogP) is 3.08. The molecule has 0 saturated carbocycles. The third-order valence-corrected chi connectivity index (χ3v) is 5.50. The van der Waals surface area contributed by atoms with Crippen molar-refractivity contribution in [2.75, 3.05) is 19.8 Å². The van der Waals surface area contributed by atoms with Crippen LogP contribution in [-0.2, 0) is 15.1 Å². The molecule has 3 unspecified atom stereocenters. The molecule has 2 aliphatic heterocycles. The first-order valence-electron chi connectivity index (χ1n) is 7.22. The van der Waals surface area contributed by atoms with E-state index >= 15 is 0 Å². The zero-order chi connectivity index (χ0) is 14.2. The van der Waals surface area contributed by atoms with Gasteiger partial charge in [0.1, 0.15) is 0 Å². The fraction of sp³-hybridized carbons (Fsp3) is 0.625. The summed E-state index contributed by atoms with van der Waals surface area (Å²) in [6, 6.07) is 8.18. The number of ether oxygens (including phenoxy) is 2. The fourth-order valence-corrected chi connectivity index (χ4v) is 3.75. The summed E-state index contributed by atoms with van der Waals surface area (Å²) < 4.78 is 12.7. The van der Waals surface area contributed by atoms with E-state index in [9.17, 15) is 5.11 Å². The lowest BCUT2D eigenvalue weighted by molar-refractivity contribution is -0.140. The van der Waals surface area contributed by atoms with E-state index in [-0.39, 0.29) is 11.5 Å². The average Bonchev–Trinajstić information content (AvgIpc) is 2.87. The molecule has 1 spiro atoms. The zero-order valence-corrected chi connectivity index (χ0v) is 13.9. The van der Waals surface area contributed by atoms with Gasteiger partial charge < -0.3 is 14.6 Å². The van der Waals surface area contributed by atoms with E-state index in [0.29, 0.717) is 13.2 Å². The van der Waals surface area contributed by atoms with Gasteiger partial charge in [-0.25, -0.2) is 0 Å². The minimum absolute atomic E-state index is 0.157. The molecular weight excluding hydrogens is 367 g/mol. The maximum Gasteiger partial charge on any atom is 0.0940 e. The van der Waals surface area contributed by atoms with E-state index in [2.05, 4.69) is 34.7 Å². The molecule has 0 bridgehead atoms. The van der Waals surface area contributed by atoms with Gasteiger partial charge in [0.15, 0.2) is 0 Å². The van der Waals surface area contributed by atoms with Crippen molar-refractivity contribution < 1.29 is 14.6 Å². The van der Waals surface area contributed by atoms with Crippen LogP contribution in [0.15, 0.2) is 24.3 Å². The summed E-state index contributed by atoms with van der Waals surface area (Å²) in [5.41, 5.74) is 0.0405. The molecule has 1 aromatic rings. The number of hydrogen-bond acceptors (Lipinski definition) is 3. The number of rotatable bonds is 2. The highest BCUT2D eigenvalue weighted by atomic mass is 127. The molecule has 3 atom stereocenters. The van der Waals surface area contributed by atoms with Crippen molar-refractivity contribution in [3.05, 3.63) is 33.4 Å². The first kappa shape index (κ1) is 14.8. The molecule has 4 heteroatoms. The smallest absolute Gasteiger partial charge is 0.0940 e. The van der Waals surface area contributed by atoms with E-state index in [0.717, 1.165) is 31.4 Å². The Morgan fingerprint density at radius 2 is 2.05 bits per heavy atom. The summed E-state index contributed by atoms with van der Waals surface area (Å²) in [5.74, 6) is 0.220. The van der Waals surface area contributed by atoms with E-state index in [1.807, 2.05) is 19.1 Å². The van der Waals surface area contributed by atoms with Crippen LogP contribution in [0.3, 0.4) is 0 Å². The SMILES string of the molecule is CC(O)(c1ccc(I)cc1)C1CCOC2(CCOC2)C1. The summed E-state index contributed by atoms with van der Waals surface area (Å²) in [6.45, 7) is 4.11. The summed E-state index contributed by atoms with van der Waals surface area (Å²) in [6.07, 6.45) is 2.74. The van der Waals surface area contributed by atoms with Gasteiger partial charge >= 0.3 is 0 Å². The van der Waals surface area contributed by atoms with Gasteiger partial charge in [0.25, 0.3) is 0 Å². The topological polar surface area (TPSA) is 38.7 Å². The molecule has 2 saturated heterocycles. The lowest BCUT2D eigenvalue weighted by atomic mass is 9.73. The highest BCUT2D eigenvalue weighted by molar-refractivity contribution is 14.1. The molecule has 0 aromatic heterocycles. The first-order valence-corrected chi connectivity index (χ1v) is 8.30. The minimum atomic E-state index is -0.802. The van der Waals surface area contributed by atoms with Crippen LogP contribution in [0.4, 0.5) is 0 Å². The number of aliphatic hydroxyl groups is 1. The molecule has 3 nitrogen and oxygen atoms in total. The fourth-order valence-electron chi connectivity index (χ4n) is 3.39. The molecule has 0 radical (unpaired) electrons. The van der Waals surface area contributed by atoms with Gasteiger partial charge in [-0.05, 0) is 66.0 Å². The lowest BCUT2D eigenvalue weighted by Gasteiger charge is -2.43. The molecular formula is C16H21IO3. The van der Waals surface area contributed by atoms with Gasteiger partial charge in [-0.15, -0.1) is 0 Å². The molecule has 0 aliphatic carbocycles. The largest absolute Gasteiger partial charge is 0.385 e. The standard InChI is InChI=1S/C16H21IO3/c1-15(18,12-2-4-14(17)5-3-12)13-6-8-20-16(10-13)7-9-19-11-16/h2-5,13,18H,6-11H2,1H3. The summed E-state index contributed by atoms with van der Waals surface area (Å²) in [5, 5.41) is 11.0. The van der Waals surface area contributed by atoms with Crippen LogP contribution in [0.5, 0.6) is 0 Å². The second-order valence-electron chi connectivity index (χ2n) is 6.18. The molecule has 3 rings (SSSR count). The molecule has 1 aromatic carbocycles. The second kappa shape index (κ2) is 5.55. The van der Waals surface area contributed by atoms with Crippen LogP contribution in [0.25, 0.3) is 0 Å². The monoisotopic (exact) mass is 388 g/mol. The van der Waals surface area contributed by atoms with Crippen LogP contribution in [-0.4, -0.2) is 30.5 Å². The molecule has 20 heavy (non-hydrogen) atoms. The highest BCUT2D eigenvalue weighted by Crippen LogP contribution is 2.43. The Morgan fingerprint density at radius 1 is 1.30 bits per heavy atom. The average molecular weight is 388 g/mol. The van der Waals surface area contributed by atoms with Gasteiger partial charge in [-0.2, -0.15) is 0 Å². The van der Waals surface area contributed by atoms with E-state index in [4.69, 9.17) is 9.47 Å². The molecule has 2 fully saturated rings. The molecule has 2 aliphatic rings. The van der Waals surface area contributed by atoms with Crippen molar-refractivity contribution in [2.24, 2.45) is 5.92 Å². The number of halogens is 1.